The number of nitrogens with one attached hydrogen (secondary N) is 1. The molecule has 0 aromatic heterocycles. The summed E-state index contributed by atoms with van der Waals surface area (Å²) in [4.78, 5) is 11.9. The predicted octanol–water partition coefficient (Wildman–Crippen LogP) is 2.61. The lowest BCUT2D eigenvalue weighted by atomic mass is 9.92. The monoisotopic (exact) mass is 276 g/mol. The Kier molecular flexibility index (Phi) is 4.33. The minimum absolute atomic E-state index is 0.0148. The molecule has 0 fully saturated rings. The number of hydrogen-bond acceptors (Lipinski definition) is 3. The van der Waals surface area contributed by atoms with Crippen molar-refractivity contribution in [3.05, 3.63) is 28.8 Å². The summed E-state index contributed by atoms with van der Waals surface area (Å²) in [5, 5.41) is 3.11. The summed E-state index contributed by atoms with van der Waals surface area (Å²) in [5.74, 6) is 0.914. The fraction of sp³-hybridized carbons (Fsp3) is 0.562. The van der Waals surface area contributed by atoms with Gasteiger partial charge in [0.2, 0.25) is 5.91 Å². The molecular formula is C16H24N2O2. The molecule has 4 nitrogen and oxygen atoms in total. The number of amides is 1. The largest absolute Gasteiger partial charge is 0.493 e. The Hall–Kier alpha value is -1.55. The fourth-order valence-corrected chi connectivity index (χ4v) is 2.52. The number of hydrogen-bond donors (Lipinski definition) is 2. The molecule has 1 amide bonds. The van der Waals surface area contributed by atoms with Crippen LogP contribution >= 0.6 is 0 Å². The first kappa shape index (κ1) is 14.9. The van der Waals surface area contributed by atoms with Crippen LogP contribution in [0.1, 0.15) is 56.0 Å². The zero-order valence-electron chi connectivity index (χ0n) is 12.7. The second-order valence-corrected chi connectivity index (χ2v) is 5.91. The van der Waals surface area contributed by atoms with Gasteiger partial charge in [0.25, 0.3) is 0 Å². The van der Waals surface area contributed by atoms with Crippen LogP contribution in [-0.2, 0) is 4.79 Å². The topological polar surface area (TPSA) is 64.3 Å². The molecule has 1 heterocycles. The lowest BCUT2D eigenvalue weighted by molar-refractivity contribution is -0.124. The molecule has 0 spiro atoms. The van der Waals surface area contributed by atoms with Crippen molar-refractivity contribution < 1.29 is 9.53 Å². The molecule has 2 unspecified atom stereocenters. The number of rotatable bonds is 3. The van der Waals surface area contributed by atoms with Crippen molar-refractivity contribution in [1.82, 2.24) is 5.32 Å². The van der Waals surface area contributed by atoms with E-state index in [-0.39, 0.29) is 23.9 Å². The van der Waals surface area contributed by atoms with Gasteiger partial charge in [-0.15, -0.1) is 0 Å². The second-order valence-electron chi connectivity index (χ2n) is 5.91. The van der Waals surface area contributed by atoms with Crippen LogP contribution in [-0.4, -0.2) is 12.5 Å². The van der Waals surface area contributed by atoms with Crippen LogP contribution in [0, 0.1) is 12.8 Å². The summed E-state index contributed by atoms with van der Waals surface area (Å²) in [6.45, 7) is 8.41. The Morgan fingerprint density at radius 2 is 2.10 bits per heavy atom. The van der Waals surface area contributed by atoms with E-state index in [2.05, 4.69) is 17.4 Å². The molecule has 0 saturated carbocycles. The third kappa shape index (κ3) is 2.96. The number of fused-ring (bicyclic) bond motifs is 1. The van der Waals surface area contributed by atoms with Gasteiger partial charge in [-0.05, 0) is 13.8 Å². The van der Waals surface area contributed by atoms with Gasteiger partial charge < -0.3 is 15.8 Å². The number of carbonyl (C=O) groups is 1. The highest BCUT2D eigenvalue weighted by atomic mass is 16.5. The smallest absolute Gasteiger partial charge is 0.223 e. The molecule has 0 radical (unpaired) electrons. The summed E-state index contributed by atoms with van der Waals surface area (Å²) in [6.07, 6.45) is 0.799. The van der Waals surface area contributed by atoms with E-state index in [1.54, 1.807) is 0 Å². The highest BCUT2D eigenvalue weighted by molar-refractivity contribution is 5.78. The summed E-state index contributed by atoms with van der Waals surface area (Å²) in [6, 6.07) is 4.09. The molecule has 1 aliphatic rings. The Balaban J connectivity index is 2.37. The molecule has 2 atom stereocenters. The van der Waals surface area contributed by atoms with Crippen molar-refractivity contribution in [2.75, 3.05) is 6.61 Å². The van der Waals surface area contributed by atoms with E-state index in [9.17, 15) is 4.79 Å². The summed E-state index contributed by atoms with van der Waals surface area (Å²) in [7, 11) is 0. The highest BCUT2D eigenvalue weighted by Gasteiger charge is 2.27. The zero-order valence-corrected chi connectivity index (χ0v) is 12.7. The van der Waals surface area contributed by atoms with E-state index in [0.29, 0.717) is 6.61 Å². The lowest BCUT2D eigenvalue weighted by Gasteiger charge is -2.30. The predicted molar refractivity (Wildman–Crippen MR) is 79.6 cm³/mol. The normalized spacial score (nSPS) is 19.2. The van der Waals surface area contributed by atoms with Gasteiger partial charge in [0.1, 0.15) is 5.75 Å². The van der Waals surface area contributed by atoms with Gasteiger partial charge in [-0.3, -0.25) is 4.79 Å². The van der Waals surface area contributed by atoms with Crippen LogP contribution < -0.4 is 15.8 Å². The Morgan fingerprint density at radius 3 is 2.70 bits per heavy atom. The summed E-state index contributed by atoms with van der Waals surface area (Å²) in [5.41, 5.74) is 9.25. The van der Waals surface area contributed by atoms with E-state index in [0.717, 1.165) is 28.9 Å². The van der Waals surface area contributed by atoms with E-state index in [1.807, 2.05) is 27.7 Å². The molecule has 1 aromatic rings. The minimum Gasteiger partial charge on any atom is -0.493 e. The molecule has 110 valence electrons. The molecule has 4 heteroatoms. The van der Waals surface area contributed by atoms with E-state index in [4.69, 9.17) is 10.5 Å². The minimum atomic E-state index is -0.0804. The Bertz CT molecular complexity index is 509. The average Bonchev–Trinajstić information content (AvgIpc) is 2.38. The number of benzene rings is 1. The summed E-state index contributed by atoms with van der Waals surface area (Å²) < 4.78 is 5.81. The van der Waals surface area contributed by atoms with Crippen molar-refractivity contribution in [3.8, 4) is 5.75 Å². The lowest BCUT2D eigenvalue weighted by Crippen LogP contribution is -2.35. The van der Waals surface area contributed by atoms with Gasteiger partial charge in [0, 0.05) is 29.5 Å². The summed E-state index contributed by atoms with van der Waals surface area (Å²) >= 11 is 0. The van der Waals surface area contributed by atoms with Gasteiger partial charge in [-0.1, -0.05) is 31.5 Å². The van der Waals surface area contributed by atoms with Crippen LogP contribution in [0.3, 0.4) is 0 Å². The Labute approximate surface area is 120 Å². The number of ether oxygens (including phenoxy) is 1. The molecule has 1 aromatic carbocycles. The first-order valence-electron chi connectivity index (χ1n) is 7.23. The van der Waals surface area contributed by atoms with Crippen molar-refractivity contribution in [1.29, 1.82) is 0 Å². The molecule has 20 heavy (non-hydrogen) atoms. The molecule has 3 N–H and O–H groups in total. The molecule has 2 rings (SSSR count). The van der Waals surface area contributed by atoms with Gasteiger partial charge in [0.05, 0.1) is 12.6 Å². The van der Waals surface area contributed by atoms with Gasteiger partial charge in [-0.25, -0.2) is 0 Å². The molecule has 0 aliphatic carbocycles. The number of carbonyl (C=O) groups excluding carboxylic acids is 1. The maximum Gasteiger partial charge on any atom is 0.223 e. The van der Waals surface area contributed by atoms with Crippen LogP contribution in [0.4, 0.5) is 0 Å². The van der Waals surface area contributed by atoms with Crippen LogP contribution in [0.5, 0.6) is 5.75 Å². The first-order valence-corrected chi connectivity index (χ1v) is 7.23. The van der Waals surface area contributed by atoms with Crippen molar-refractivity contribution >= 4 is 5.91 Å². The fourth-order valence-electron chi connectivity index (χ4n) is 2.52. The van der Waals surface area contributed by atoms with Crippen molar-refractivity contribution in [3.63, 3.8) is 0 Å². The first-order chi connectivity index (χ1) is 9.40. The standard InChI is InChI=1S/C16H24N2O2/c1-9(2)16(19)18-14-5-6-20-15-12(11(4)17)7-10(3)8-13(14)15/h7-9,11,14H,5-6,17H2,1-4H3,(H,18,19). The highest BCUT2D eigenvalue weighted by Crippen LogP contribution is 2.38. The van der Waals surface area contributed by atoms with Crippen molar-refractivity contribution in [2.24, 2.45) is 11.7 Å². The Morgan fingerprint density at radius 1 is 1.40 bits per heavy atom. The molecular weight excluding hydrogens is 252 g/mol. The van der Waals surface area contributed by atoms with Crippen LogP contribution in [0.25, 0.3) is 0 Å². The second kappa shape index (κ2) is 5.83. The quantitative estimate of drug-likeness (QED) is 0.892. The average molecular weight is 276 g/mol. The maximum absolute atomic E-state index is 11.9. The van der Waals surface area contributed by atoms with Crippen molar-refractivity contribution in [2.45, 2.75) is 46.2 Å². The molecule has 0 bridgehead atoms. The van der Waals surface area contributed by atoms with Crippen LogP contribution in [0.15, 0.2) is 12.1 Å². The van der Waals surface area contributed by atoms with Crippen LogP contribution in [0.2, 0.25) is 0 Å². The van der Waals surface area contributed by atoms with Gasteiger partial charge in [-0.2, -0.15) is 0 Å². The zero-order chi connectivity index (χ0) is 14.9. The van der Waals surface area contributed by atoms with E-state index in [1.165, 1.54) is 0 Å². The molecule has 0 saturated heterocycles. The van der Waals surface area contributed by atoms with Gasteiger partial charge >= 0.3 is 0 Å². The number of nitrogens with two attached hydrogens (primary N) is 1. The number of aryl methyl sites for hydroxylation is 1. The third-order valence-electron chi connectivity index (χ3n) is 3.65. The maximum atomic E-state index is 11.9. The third-order valence-corrected chi connectivity index (χ3v) is 3.65. The molecule has 1 aliphatic heterocycles. The van der Waals surface area contributed by atoms with E-state index < -0.39 is 0 Å². The van der Waals surface area contributed by atoms with Gasteiger partial charge in [0.15, 0.2) is 0 Å². The SMILES string of the molecule is Cc1cc(C(C)N)c2c(c1)C(NC(=O)C(C)C)CCO2. The van der Waals surface area contributed by atoms with E-state index >= 15 is 0 Å².